The predicted octanol–water partition coefficient (Wildman–Crippen LogP) is 3.26. The molecule has 1 fully saturated rings. The van der Waals surface area contributed by atoms with Crippen LogP contribution in [0.5, 0.6) is 0 Å². The van der Waals surface area contributed by atoms with Gasteiger partial charge in [-0.1, -0.05) is 12.8 Å². The number of aromatic nitrogens is 1. The minimum atomic E-state index is 0.117. The van der Waals surface area contributed by atoms with Gasteiger partial charge in [0.05, 0.1) is 11.2 Å². The van der Waals surface area contributed by atoms with E-state index in [2.05, 4.69) is 19.3 Å². The van der Waals surface area contributed by atoms with Crippen molar-refractivity contribution in [2.45, 2.75) is 57.4 Å². The van der Waals surface area contributed by atoms with E-state index in [1.54, 1.807) is 4.88 Å². The third-order valence-corrected chi connectivity index (χ3v) is 6.13. The van der Waals surface area contributed by atoms with Crippen LogP contribution in [0.4, 0.5) is 0 Å². The molecule has 94 valence electrons. The Labute approximate surface area is 108 Å². The van der Waals surface area contributed by atoms with Gasteiger partial charge in [-0.2, -0.15) is 0 Å². The smallest absolute Gasteiger partial charge is 0.113 e. The normalized spacial score (nSPS) is 23.9. The molecule has 0 spiro atoms. The third kappa shape index (κ3) is 1.84. The molecule has 17 heavy (non-hydrogen) atoms. The Hall–Kier alpha value is -0.410. The lowest BCUT2D eigenvalue weighted by atomic mass is 9.85. The SMILES string of the molecule is CNC(C)(c1nc2c(s1)CCC2)C1CCCC1. The first-order valence-electron chi connectivity index (χ1n) is 6.92. The van der Waals surface area contributed by atoms with E-state index in [0.29, 0.717) is 0 Å². The predicted molar refractivity (Wildman–Crippen MR) is 72.5 cm³/mol. The van der Waals surface area contributed by atoms with Gasteiger partial charge in [-0.25, -0.2) is 4.98 Å². The van der Waals surface area contributed by atoms with E-state index in [4.69, 9.17) is 4.98 Å². The molecule has 0 amide bonds. The Morgan fingerprint density at radius 2 is 2.00 bits per heavy atom. The lowest BCUT2D eigenvalue weighted by Crippen LogP contribution is -2.43. The molecule has 2 aliphatic rings. The Balaban J connectivity index is 1.92. The number of hydrogen-bond acceptors (Lipinski definition) is 3. The first-order valence-corrected chi connectivity index (χ1v) is 7.73. The molecule has 0 radical (unpaired) electrons. The van der Waals surface area contributed by atoms with Crippen LogP contribution in [0.15, 0.2) is 0 Å². The van der Waals surface area contributed by atoms with Crippen molar-refractivity contribution in [1.29, 1.82) is 0 Å². The van der Waals surface area contributed by atoms with E-state index in [0.717, 1.165) is 5.92 Å². The highest BCUT2D eigenvalue weighted by Crippen LogP contribution is 2.43. The van der Waals surface area contributed by atoms with Crippen molar-refractivity contribution in [1.82, 2.24) is 10.3 Å². The molecule has 2 nitrogen and oxygen atoms in total. The van der Waals surface area contributed by atoms with Gasteiger partial charge in [0.15, 0.2) is 0 Å². The second-order valence-corrected chi connectivity index (χ2v) is 6.76. The molecule has 3 heteroatoms. The van der Waals surface area contributed by atoms with Crippen molar-refractivity contribution < 1.29 is 0 Å². The molecule has 0 bridgehead atoms. The molecule has 0 aliphatic heterocycles. The molecule has 1 aromatic heterocycles. The summed E-state index contributed by atoms with van der Waals surface area (Å²) in [4.78, 5) is 6.49. The fourth-order valence-corrected chi connectivity index (χ4v) is 4.78. The van der Waals surface area contributed by atoms with Crippen molar-refractivity contribution in [3.8, 4) is 0 Å². The summed E-state index contributed by atoms with van der Waals surface area (Å²) in [5.41, 5.74) is 1.51. The largest absolute Gasteiger partial charge is 0.308 e. The fraction of sp³-hybridized carbons (Fsp3) is 0.786. The summed E-state index contributed by atoms with van der Waals surface area (Å²) >= 11 is 1.97. The average Bonchev–Trinajstić information content (AvgIpc) is 3.02. The van der Waals surface area contributed by atoms with Gasteiger partial charge in [0.25, 0.3) is 0 Å². The molecular weight excluding hydrogens is 228 g/mol. The van der Waals surface area contributed by atoms with E-state index >= 15 is 0 Å². The Kier molecular flexibility index (Phi) is 2.99. The number of nitrogens with zero attached hydrogens (tertiary/aromatic N) is 1. The minimum Gasteiger partial charge on any atom is -0.308 e. The van der Waals surface area contributed by atoms with Crippen LogP contribution in [0.3, 0.4) is 0 Å². The lowest BCUT2D eigenvalue weighted by molar-refractivity contribution is 0.251. The van der Waals surface area contributed by atoms with Crippen LogP contribution in [0.1, 0.15) is 54.6 Å². The van der Waals surface area contributed by atoms with Crippen LogP contribution in [0.2, 0.25) is 0 Å². The van der Waals surface area contributed by atoms with Crippen LogP contribution in [0, 0.1) is 5.92 Å². The average molecular weight is 250 g/mol. The second kappa shape index (κ2) is 4.36. The molecule has 0 aromatic carbocycles. The maximum absolute atomic E-state index is 4.93. The zero-order valence-corrected chi connectivity index (χ0v) is 11.7. The molecule has 3 rings (SSSR count). The number of nitrogens with one attached hydrogen (secondary N) is 1. The molecular formula is C14H22N2S. The van der Waals surface area contributed by atoms with Crippen molar-refractivity contribution in [3.63, 3.8) is 0 Å². The summed E-state index contributed by atoms with van der Waals surface area (Å²) in [5.74, 6) is 0.777. The Bertz CT molecular complexity index is 385. The van der Waals surface area contributed by atoms with Crippen molar-refractivity contribution in [2.24, 2.45) is 5.92 Å². The first kappa shape index (κ1) is 11.7. The fourth-order valence-electron chi connectivity index (χ4n) is 3.40. The molecule has 1 saturated carbocycles. The van der Waals surface area contributed by atoms with E-state index < -0.39 is 0 Å². The van der Waals surface area contributed by atoms with Gasteiger partial charge >= 0.3 is 0 Å². The zero-order valence-electron chi connectivity index (χ0n) is 10.9. The third-order valence-electron chi connectivity index (χ3n) is 4.73. The van der Waals surface area contributed by atoms with Gasteiger partial charge in [-0.05, 0) is 52.0 Å². The standard InChI is InChI=1S/C14H22N2S/c1-14(15-2,10-6-3-4-7-10)13-16-11-8-5-9-12(11)17-13/h10,15H,3-9H2,1-2H3. The second-order valence-electron chi connectivity index (χ2n) is 5.68. The van der Waals surface area contributed by atoms with E-state index in [1.165, 1.54) is 55.6 Å². The van der Waals surface area contributed by atoms with Gasteiger partial charge in [-0.15, -0.1) is 11.3 Å². The molecule has 0 saturated heterocycles. The number of aryl methyl sites for hydroxylation is 2. The molecule has 1 aromatic rings. The van der Waals surface area contributed by atoms with Crippen LogP contribution >= 0.6 is 11.3 Å². The molecule has 1 unspecified atom stereocenters. The van der Waals surface area contributed by atoms with E-state index in [9.17, 15) is 0 Å². The number of hydrogen-bond donors (Lipinski definition) is 1. The summed E-state index contributed by atoms with van der Waals surface area (Å²) in [6.45, 7) is 2.36. The maximum atomic E-state index is 4.93. The highest BCUT2D eigenvalue weighted by atomic mass is 32.1. The van der Waals surface area contributed by atoms with Crippen molar-refractivity contribution in [2.75, 3.05) is 7.05 Å². The van der Waals surface area contributed by atoms with Crippen LogP contribution < -0.4 is 5.32 Å². The molecule has 1 atom stereocenters. The highest BCUT2D eigenvalue weighted by Gasteiger charge is 2.39. The quantitative estimate of drug-likeness (QED) is 0.890. The van der Waals surface area contributed by atoms with Crippen molar-refractivity contribution >= 4 is 11.3 Å². The number of thiazole rings is 1. The Morgan fingerprint density at radius 3 is 2.65 bits per heavy atom. The summed E-state index contributed by atoms with van der Waals surface area (Å²) in [7, 11) is 2.10. The van der Waals surface area contributed by atoms with Crippen LogP contribution in [0.25, 0.3) is 0 Å². The minimum absolute atomic E-state index is 0.117. The number of fused-ring (bicyclic) bond motifs is 1. The van der Waals surface area contributed by atoms with E-state index in [-0.39, 0.29) is 5.54 Å². The summed E-state index contributed by atoms with van der Waals surface area (Å²) in [6, 6.07) is 0. The van der Waals surface area contributed by atoms with Crippen LogP contribution in [-0.2, 0) is 18.4 Å². The van der Waals surface area contributed by atoms with Crippen LogP contribution in [-0.4, -0.2) is 12.0 Å². The zero-order chi connectivity index (χ0) is 11.9. The van der Waals surface area contributed by atoms with Crippen molar-refractivity contribution in [3.05, 3.63) is 15.6 Å². The summed E-state index contributed by atoms with van der Waals surface area (Å²) in [6.07, 6.45) is 9.30. The lowest BCUT2D eigenvalue weighted by Gasteiger charge is -2.33. The van der Waals surface area contributed by atoms with Gasteiger partial charge in [0, 0.05) is 4.88 Å². The molecule has 1 N–H and O–H groups in total. The van der Waals surface area contributed by atoms with Gasteiger partial charge in [0.2, 0.25) is 0 Å². The first-order chi connectivity index (χ1) is 8.24. The Morgan fingerprint density at radius 1 is 1.24 bits per heavy atom. The molecule has 2 aliphatic carbocycles. The van der Waals surface area contributed by atoms with Gasteiger partial charge < -0.3 is 5.32 Å². The van der Waals surface area contributed by atoms with Gasteiger partial charge in [0.1, 0.15) is 5.01 Å². The van der Waals surface area contributed by atoms with E-state index in [1.807, 2.05) is 11.3 Å². The number of rotatable bonds is 3. The molecule has 1 heterocycles. The topological polar surface area (TPSA) is 24.9 Å². The summed E-state index contributed by atoms with van der Waals surface area (Å²) < 4.78 is 0. The summed E-state index contributed by atoms with van der Waals surface area (Å²) in [5, 5.41) is 4.92. The monoisotopic (exact) mass is 250 g/mol. The maximum Gasteiger partial charge on any atom is 0.113 e. The highest BCUT2D eigenvalue weighted by molar-refractivity contribution is 7.12. The van der Waals surface area contributed by atoms with Gasteiger partial charge in [-0.3, -0.25) is 0 Å².